The van der Waals surface area contributed by atoms with Crippen molar-refractivity contribution in [1.82, 2.24) is 15.2 Å². The molecule has 2 aromatic heterocycles. The van der Waals surface area contributed by atoms with Gasteiger partial charge in [-0.15, -0.1) is 0 Å². The number of pyridine rings is 1. The van der Waals surface area contributed by atoms with Crippen molar-refractivity contribution in [2.45, 2.75) is 0 Å². The van der Waals surface area contributed by atoms with Crippen molar-refractivity contribution in [3.63, 3.8) is 0 Å². The standard InChI is InChI=1S/C15H12ClN3O/c1-20-14-3-2-11(16)8-12(14)13-9-18-19-15(13)10-4-6-17-7-5-10/h2-9H,1H3,(H,18,19). The number of nitrogens with one attached hydrogen (secondary N) is 1. The van der Waals surface area contributed by atoms with Crippen LogP contribution in [0, 0.1) is 0 Å². The van der Waals surface area contributed by atoms with Crippen molar-refractivity contribution in [1.29, 1.82) is 0 Å². The molecule has 0 aliphatic rings. The van der Waals surface area contributed by atoms with Crippen LogP contribution < -0.4 is 4.74 Å². The van der Waals surface area contributed by atoms with E-state index in [9.17, 15) is 0 Å². The molecule has 3 aromatic rings. The molecule has 4 nitrogen and oxygen atoms in total. The first-order valence-corrected chi connectivity index (χ1v) is 6.45. The van der Waals surface area contributed by atoms with Crippen molar-refractivity contribution in [2.75, 3.05) is 7.11 Å². The van der Waals surface area contributed by atoms with Gasteiger partial charge in [0.1, 0.15) is 5.75 Å². The minimum Gasteiger partial charge on any atom is -0.496 e. The van der Waals surface area contributed by atoms with Crippen LogP contribution in [-0.2, 0) is 0 Å². The summed E-state index contributed by atoms with van der Waals surface area (Å²) in [5.74, 6) is 0.756. The Balaban J connectivity index is 2.18. The average Bonchev–Trinajstić information content (AvgIpc) is 2.97. The molecule has 2 heterocycles. The van der Waals surface area contributed by atoms with E-state index in [4.69, 9.17) is 16.3 Å². The highest BCUT2D eigenvalue weighted by Gasteiger charge is 2.14. The van der Waals surface area contributed by atoms with E-state index in [1.807, 2.05) is 24.3 Å². The lowest BCUT2D eigenvalue weighted by atomic mass is 10.0. The molecule has 20 heavy (non-hydrogen) atoms. The number of hydrogen-bond acceptors (Lipinski definition) is 3. The van der Waals surface area contributed by atoms with Gasteiger partial charge in [0.25, 0.3) is 0 Å². The van der Waals surface area contributed by atoms with Crippen molar-refractivity contribution < 1.29 is 4.74 Å². The van der Waals surface area contributed by atoms with E-state index in [1.54, 1.807) is 31.8 Å². The van der Waals surface area contributed by atoms with Gasteiger partial charge in [-0.2, -0.15) is 5.10 Å². The summed E-state index contributed by atoms with van der Waals surface area (Å²) in [6.45, 7) is 0. The number of ether oxygens (including phenoxy) is 1. The molecule has 0 saturated heterocycles. The van der Waals surface area contributed by atoms with Gasteiger partial charge in [-0.05, 0) is 30.3 Å². The van der Waals surface area contributed by atoms with Crippen LogP contribution in [0.2, 0.25) is 5.02 Å². The molecule has 0 atom stereocenters. The van der Waals surface area contributed by atoms with Crippen LogP contribution in [0.5, 0.6) is 5.75 Å². The Kier molecular flexibility index (Phi) is 3.39. The molecule has 1 aromatic carbocycles. The van der Waals surface area contributed by atoms with Gasteiger partial charge in [0, 0.05) is 34.1 Å². The normalized spacial score (nSPS) is 10.5. The van der Waals surface area contributed by atoms with Gasteiger partial charge in [-0.25, -0.2) is 0 Å². The fourth-order valence-corrected chi connectivity index (χ4v) is 2.29. The fourth-order valence-electron chi connectivity index (χ4n) is 2.12. The smallest absolute Gasteiger partial charge is 0.126 e. The van der Waals surface area contributed by atoms with Gasteiger partial charge in [-0.3, -0.25) is 10.1 Å². The first-order chi connectivity index (χ1) is 9.79. The van der Waals surface area contributed by atoms with E-state index in [2.05, 4.69) is 15.2 Å². The molecule has 0 amide bonds. The molecule has 0 aliphatic heterocycles. The van der Waals surface area contributed by atoms with Gasteiger partial charge in [0.15, 0.2) is 0 Å². The summed E-state index contributed by atoms with van der Waals surface area (Å²) in [7, 11) is 1.64. The van der Waals surface area contributed by atoms with E-state index in [1.165, 1.54) is 0 Å². The molecule has 0 bridgehead atoms. The Hall–Kier alpha value is -2.33. The van der Waals surface area contributed by atoms with Gasteiger partial charge < -0.3 is 4.74 Å². The van der Waals surface area contributed by atoms with Crippen molar-refractivity contribution in [3.8, 4) is 28.1 Å². The number of H-pyrrole nitrogens is 1. The van der Waals surface area contributed by atoms with Crippen LogP contribution in [-0.4, -0.2) is 22.3 Å². The number of hydrogen-bond donors (Lipinski definition) is 1. The summed E-state index contributed by atoms with van der Waals surface area (Å²) >= 11 is 6.09. The van der Waals surface area contributed by atoms with Crippen molar-refractivity contribution in [3.05, 3.63) is 53.9 Å². The Labute approximate surface area is 121 Å². The average molecular weight is 286 g/mol. The SMILES string of the molecule is COc1ccc(Cl)cc1-c1cn[nH]c1-c1ccncc1. The molecule has 0 unspecified atom stereocenters. The predicted molar refractivity (Wildman–Crippen MR) is 78.8 cm³/mol. The van der Waals surface area contributed by atoms with E-state index in [-0.39, 0.29) is 0 Å². The lowest BCUT2D eigenvalue weighted by Crippen LogP contribution is -1.89. The van der Waals surface area contributed by atoms with E-state index >= 15 is 0 Å². The van der Waals surface area contributed by atoms with Gasteiger partial charge >= 0.3 is 0 Å². The summed E-state index contributed by atoms with van der Waals surface area (Å²) in [6, 6.07) is 9.37. The second-order valence-electron chi connectivity index (χ2n) is 4.24. The maximum atomic E-state index is 6.09. The number of aromatic nitrogens is 3. The van der Waals surface area contributed by atoms with Gasteiger partial charge in [0.2, 0.25) is 0 Å². The van der Waals surface area contributed by atoms with E-state index in [0.29, 0.717) is 5.02 Å². The molecule has 0 radical (unpaired) electrons. The zero-order chi connectivity index (χ0) is 13.9. The molecular weight excluding hydrogens is 274 g/mol. The third-order valence-electron chi connectivity index (χ3n) is 3.06. The molecule has 0 fully saturated rings. The second kappa shape index (κ2) is 5.35. The zero-order valence-electron chi connectivity index (χ0n) is 10.8. The fraction of sp³-hybridized carbons (Fsp3) is 0.0667. The second-order valence-corrected chi connectivity index (χ2v) is 4.68. The molecular formula is C15H12ClN3O. The maximum Gasteiger partial charge on any atom is 0.126 e. The number of nitrogens with zero attached hydrogens (tertiary/aromatic N) is 2. The molecule has 0 aliphatic carbocycles. The number of benzene rings is 1. The topological polar surface area (TPSA) is 50.8 Å². The van der Waals surface area contributed by atoms with Crippen molar-refractivity contribution in [2.24, 2.45) is 0 Å². The predicted octanol–water partition coefficient (Wildman–Crippen LogP) is 3.80. The van der Waals surface area contributed by atoms with Crippen LogP contribution in [0.1, 0.15) is 0 Å². The summed E-state index contributed by atoms with van der Waals surface area (Å²) in [5.41, 5.74) is 3.76. The van der Waals surface area contributed by atoms with Crippen LogP contribution >= 0.6 is 11.6 Å². The Morgan fingerprint density at radius 2 is 1.90 bits per heavy atom. The van der Waals surface area contributed by atoms with Crippen LogP contribution in [0.15, 0.2) is 48.9 Å². The van der Waals surface area contributed by atoms with Crippen LogP contribution in [0.3, 0.4) is 0 Å². The lowest BCUT2D eigenvalue weighted by Gasteiger charge is -2.09. The number of aromatic amines is 1. The number of rotatable bonds is 3. The molecule has 3 rings (SSSR count). The summed E-state index contributed by atoms with van der Waals surface area (Å²) in [5, 5.41) is 7.81. The minimum absolute atomic E-state index is 0.655. The van der Waals surface area contributed by atoms with E-state index in [0.717, 1.165) is 28.1 Å². The van der Waals surface area contributed by atoms with E-state index < -0.39 is 0 Å². The third kappa shape index (κ3) is 2.26. The van der Waals surface area contributed by atoms with Gasteiger partial charge in [0.05, 0.1) is 19.0 Å². The Morgan fingerprint density at radius 3 is 2.65 bits per heavy atom. The zero-order valence-corrected chi connectivity index (χ0v) is 11.6. The number of halogens is 1. The monoisotopic (exact) mass is 285 g/mol. The highest BCUT2D eigenvalue weighted by atomic mass is 35.5. The molecule has 100 valence electrons. The summed E-state index contributed by atoms with van der Waals surface area (Å²) in [4.78, 5) is 4.03. The maximum absolute atomic E-state index is 6.09. The first kappa shape index (κ1) is 12.7. The largest absolute Gasteiger partial charge is 0.496 e. The highest BCUT2D eigenvalue weighted by molar-refractivity contribution is 6.31. The van der Waals surface area contributed by atoms with Crippen LogP contribution in [0.4, 0.5) is 0 Å². The molecule has 5 heteroatoms. The Morgan fingerprint density at radius 1 is 1.10 bits per heavy atom. The molecule has 0 spiro atoms. The van der Waals surface area contributed by atoms with Gasteiger partial charge in [-0.1, -0.05) is 11.6 Å². The minimum atomic E-state index is 0.655. The lowest BCUT2D eigenvalue weighted by molar-refractivity contribution is 0.416. The summed E-state index contributed by atoms with van der Waals surface area (Å²) in [6.07, 6.45) is 5.26. The van der Waals surface area contributed by atoms with Crippen LogP contribution in [0.25, 0.3) is 22.4 Å². The van der Waals surface area contributed by atoms with Crippen molar-refractivity contribution >= 4 is 11.6 Å². The quantitative estimate of drug-likeness (QED) is 0.796. The first-order valence-electron chi connectivity index (χ1n) is 6.07. The molecule has 1 N–H and O–H groups in total. The Bertz CT molecular complexity index is 725. The third-order valence-corrected chi connectivity index (χ3v) is 3.30. The summed E-state index contributed by atoms with van der Waals surface area (Å²) < 4.78 is 5.40. The highest BCUT2D eigenvalue weighted by Crippen LogP contribution is 2.37. The number of methoxy groups -OCH3 is 1. The molecule has 0 saturated carbocycles.